The molecule has 1 unspecified atom stereocenters. The molecule has 1 aromatic heterocycles. The Balaban J connectivity index is 2.11. The summed E-state index contributed by atoms with van der Waals surface area (Å²) < 4.78 is 1.38. The second-order valence-electron chi connectivity index (χ2n) is 4.08. The minimum atomic E-state index is -0.401. The summed E-state index contributed by atoms with van der Waals surface area (Å²) in [7, 11) is 0. The summed E-state index contributed by atoms with van der Waals surface area (Å²) in [6, 6.07) is 8.25. The summed E-state index contributed by atoms with van der Waals surface area (Å²) in [6.45, 7) is 0. The van der Waals surface area contributed by atoms with Crippen LogP contribution in [0, 0.1) is 11.3 Å². The lowest BCUT2D eigenvalue weighted by Crippen LogP contribution is -2.27. The van der Waals surface area contributed by atoms with Crippen LogP contribution in [-0.2, 0) is 0 Å². The van der Waals surface area contributed by atoms with Crippen LogP contribution in [0.2, 0.25) is 0 Å². The van der Waals surface area contributed by atoms with Crippen LogP contribution in [0.4, 0.5) is 5.95 Å². The Labute approximate surface area is 108 Å². The van der Waals surface area contributed by atoms with E-state index in [2.05, 4.69) is 21.5 Å². The van der Waals surface area contributed by atoms with Gasteiger partial charge in [-0.15, -0.1) is 0 Å². The number of nitrogens with one attached hydrogen (secondary N) is 1. The third kappa shape index (κ3) is 1.66. The van der Waals surface area contributed by atoms with Crippen molar-refractivity contribution in [2.24, 2.45) is 5.73 Å². The number of benzene rings is 1. The summed E-state index contributed by atoms with van der Waals surface area (Å²) in [4.78, 5) is 4.04. The third-order valence-corrected chi connectivity index (χ3v) is 2.96. The second kappa shape index (κ2) is 4.03. The van der Waals surface area contributed by atoms with Crippen molar-refractivity contribution in [3.8, 4) is 11.8 Å². The van der Waals surface area contributed by atoms with Gasteiger partial charge >= 0.3 is 0 Å². The molecule has 3 rings (SSSR count). The lowest BCUT2D eigenvalue weighted by atomic mass is 9.98. The first-order valence-electron chi connectivity index (χ1n) is 5.56. The molecular formula is C12H10N6O. The smallest absolute Gasteiger partial charge is 0.228 e. The summed E-state index contributed by atoms with van der Waals surface area (Å²) >= 11 is 0. The number of aromatic nitrogens is 3. The Kier molecular flexibility index (Phi) is 2.35. The average Bonchev–Trinajstić information content (AvgIpc) is 2.88. The van der Waals surface area contributed by atoms with Gasteiger partial charge in [0.15, 0.2) is 0 Å². The van der Waals surface area contributed by atoms with Crippen LogP contribution in [-0.4, -0.2) is 19.9 Å². The molecule has 0 aliphatic carbocycles. The van der Waals surface area contributed by atoms with E-state index in [0.29, 0.717) is 11.5 Å². The standard InChI is InChI=1S/C12H10N6O/c13-5-9-10(7-1-3-8(19)4-2-7)17-12-15-6-16-18(12)11(9)14/h1-4,6,10,19H,14H2,(H,15,16,17). The summed E-state index contributed by atoms with van der Waals surface area (Å²) in [5.74, 6) is 0.902. The van der Waals surface area contributed by atoms with Gasteiger partial charge in [0.1, 0.15) is 24.0 Å². The lowest BCUT2D eigenvalue weighted by molar-refractivity contribution is 0.475. The molecule has 0 fully saturated rings. The predicted octanol–water partition coefficient (Wildman–Crippen LogP) is 0.801. The van der Waals surface area contributed by atoms with E-state index in [-0.39, 0.29) is 11.6 Å². The molecule has 1 aliphatic heterocycles. The molecule has 7 heteroatoms. The average molecular weight is 254 g/mol. The lowest BCUT2D eigenvalue weighted by Gasteiger charge is -2.25. The number of nitrogens with two attached hydrogens (primary N) is 1. The number of aromatic hydroxyl groups is 1. The van der Waals surface area contributed by atoms with Crippen molar-refractivity contribution in [2.75, 3.05) is 5.32 Å². The van der Waals surface area contributed by atoms with Gasteiger partial charge in [-0.25, -0.2) is 0 Å². The van der Waals surface area contributed by atoms with Crippen molar-refractivity contribution < 1.29 is 5.11 Å². The quantitative estimate of drug-likeness (QED) is 0.693. The molecule has 0 saturated heterocycles. The Bertz CT molecular complexity index is 694. The second-order valence-corrected chi connectivity index (χ2v) is 4.08. The highest BCUT2D eigenvalue weighted by Crippen LogP contribution is 2.32. The van der Waals surface area contributed by atoms with Crippen LogP contribution < -0.4 is 11.1 Å². The Morgan fingerprint density at radius 1 is 1.37 bits per heavy atom. The van der Waals surface area contributed by atoms with Crippen molar-refractivity contribution in [3.63, 3.8) is 0 Å². The van der Waals surface area contributed by atoms with Crippen molar-refractivity contribution in [3.05, 3.63) is 41.7 Å². The van der Waals surface area contributed by atoms with E-state index in [4.69, 9.17) is 5.73 Å². The number of nitrogens with zero attached hydrogens (tertiary/aromatic N) is 4. The molecule has 19 heavy (non-hydrogen) atoms. The molecule has 0 amide bonds. The highest BCUT2D eigenvalue weighted by molar-refractivity contribution is 5.65. The molecule has 1 atom stereocenters. The molecule has 7 nitrogen and oxygen atoms in total. The van der Waals surface area contributed by atoms with Crippen molar-refractivity contribution in [2.45, 2.75) is 6.04 Å². The van der Waals surface area contributed by atoms with Crippen LogP contribution in [0.5, 0.6) is 5.75 Å². The topological polar surface area (TPSA) is 113 Å². The molecular weight excluding hydrogens is 244 g/mol. The largest absolute Gasteiger partial charge is 0.508 e. The Morgan fingerprint density at radius 3 is 2.79 bits per heavy atom. The molecule has 2 aromatic rings. The Hall–Kier alpha value is -3.01. The van der Waals surface area contributed by atoms with Crippen LogP contribution in [0.3, 0.4) is 0 Å². The fourth-order valence-corrected chi connectivity index (χ4v) is 2.02. The van der Waals surface area contributed by atoms with E-state index in [9.17, 15) is 10.4 Å². The van der Waals surface area contributed by atoms with Crippen LogP contribution in [0.25, 0.3) is 5.82 Å². The van der Waals surface area contributed by atoms with E-state index in [1.165, 1.54) is 11.0 Å². The van der Waals surface area contributed by atoms with Crippen LogP contribution in [0.1, 0.15) is 11.6 Å². The van der Waals surface area contributed by atoms with E-state index < -0.39 is 6.04 Å². The zero-order chi connectivity index (χ0) is 13.4. The minimum Gasteiger partial charge on any atom is -0.508 e. The van der Waals surface area contributed by atoms with Crippen LogP contribution in [0.15, 0.2) is 36.2 Å². The normalized spacial score (nSPS) is 17.5. The first-order chi connectivity index (χ1) is 9.20. The maximum atomic E-state index is 9.31. The first-order valence-corrected chi connectivity index (χ1v) is 5.56. The molecule has 0 spiro atoms. The number of anilines is 1. The van der Waals surface area contributed by atoms with Gasteiger partial charge in [-0.05, 0) is 17.7 Å². The van der Waals surface area contributed by atoms with E-state index in [1.807, 2.05) is 0 Å². The number of nitriles is 1. The summed E-state index contributed by atoms with van der Waals surface area (Å²) in [5.41, 5.74) is 7.11. The highest BCUT2D eigenvalue weighted by atomic mass is 16.3. The number of phenolic OH excluding ortho intramolecular Hbond substituents is 1. The molecule has 4 N–H and O–H groups in total. The molecule has 0 saturated carbocycles. The van der Waals surface area contributed by atoms with Crippen molar-refractivity contribution in [1.29, 1.82) is 5.26 Å². The van der Waals surface area contributed by atoms with Crippen LogP contribution >= 0.6 is 0 Å². The van der Waals surface area contributed by atoms with Gasteiger partial charge in [-0.3, -0.25) is 0 Å². The number of hydrogen-bond acceptors (Lipinski definition) is 6. The summed E-state index contributed by atoms with van der Waals surface area (Å²) in [6.07, 6.45) is 1.36. The number of rotatable bonds is 1. The molecule has 2 heterocycles. The molecule has 94 valence electrons. The van der Waals surface area contributed by atoms with Gasteiger partial charge in [-0.1, -0.05) is 12.1 Å². The van der Waals surface area contributed by atoms with E-state index >= 15 is 0 Å². The Morgan fingerprint density at radius 2 is 2.11 bits per heavy atom. The van der Waals surface area contributed by atoms with Gasteiger partial charge in [-0.2, -0.15) is 20.0 Å². The monoisotopic (exact) mass is 254 g/mol. The third-order valence-electron chi connectivity index (χ3n) is 2.96. The van der Waals surface area contributed by atoms with E-state index in [1.54, 1.807) is 24.3 Å². The maximum Gasteiger partial charge on any atom is 0.228 e. The van der Waals surface area contributed by atoms with Gasteiger partial charge in [0.05, 0.1) is 11.6 Å². The van der Waals surface area contributed by atoms with E-state index in [0.717, 1.165) is 5.56 Å². The zero-order valence-corrected chi connectivity index (χ0v) is 9.78. The van der Waals surface area contributed by atoms with Crippen molar-refractivity contribution >= 4 is 11.8 Å². The van der Waals surface area contributed by atoms with Gasteiger partial charge in [0.2, 0.25) is 5.95 Å². The minimum absolute atomic E-state index is 0.165. The van der Waals surface area contributed by atoms with Gasteiger partial charge < -0.3 is 16.2 Å². The first kappa shape index (κ1) is 11.1. The van der Waals surface area contributed by atoms with Gasteiger partial charge in [0, 0.05) is 0 Å². The maximum absolute atomic E-state index is 9.31. The fourth-order valence-electron chi connectivity index (χ4n) is 2.02. The number of fused-ring (bicyclic) bond motifs is 1. The molecule has 0 radical (unpaired) electrons. The van der Waals surface area contributed by atoms with Gasteiger partial charge in [0.25, 0.3) is 0 Å². The zero-order valence-electron chi connectivity index (χ0n) is 9.78. The highest BCUT2D eigenvalue weighted by Gasteiger charge is 2.28. The fraction of sp³-hybridized carbons (Fsp3) is 0.0833. The molecule has 1 aliphatic rings. The summed E-state index contributed by atoms with van der Waals surface area (Å²) in [5, 5.41) is 25.6. The number of hydrogen-bond donors (Lipinski definition) is 3. The SMILES string of the molecule is N#CC1=C(N)n2ncnc2NC1c1ccc(O)cc1. The number of phenols is 1. The predicted molar refractivity (Wildman–Crippen MR) is 67.5 cm³/mol. The molecule has 1 aromatic carbocycles. The van der Waals surface area contributed by atoms with Crippen molar-refractivity contribution in [1.82, 2.24) is 14.8 Å². The molecule has 0 bridgehead atoms.